The van der Waals surface area contributed by atoms with E-state index in [1.807, 2.05) is 24.3 Å². The topological polar surface area (TPSA) is 98.3 Å². The van der Waals surface area contributed by atoms with Crippen molar-refractivity contribution in [3.05, 3.63) is 88.5 Å². The van der Waals surface area contributed by atoms with Crippen molar-refractivity contribution in [2.75, 3.05) is 5.32 Å². The summed E-state index contributed by atoms with van der Waals surface area (Å²) in [6.45, 7) is 0. The fraction of sp³-hybridized carbons (Fsp3) is 0. The molecule has 1 heterocycles. The van der Waals surface area contributed by atoms with Gasteiger partial charge in [-0.1, -0.05) is 24.3 Å². The molecule has 3 aromatic carbocycles. The lowest BCUT2D eigenvalue weighted by Crippen LogP contribution is -2.13. The van der Waals surface area contributed by atoms with E-state index in [-0.39, 0.29) is 11.3 Å². The molecule has 0 radical (unpaired) electrons. The van der Waals surface area contributed by atoms with Gasteiger partial charge in [-0.15, -0.1) is 0 Å². The molecule has 4 rings (SSSR count). The monoisotopic (exact) mass is 359 g/mol. The minimum absolute atomic E-state index is 0.00512. The maximum atomic E-state index is 12.4. The summed E-state index contributed by atoms with van der Waals surface area (Å²) in [7, 11) is 0. The summed E-state index contributed by atoms with van der Waals surface area (Å²) < 4.78 is 5.71. The zero-order chi connectivity index (χ0) is 18.8. The van der Waals surface area contributed by atoms with Gasteiger partial charge in [-0.25, -0.2) is 4.98 Å². The van der Waals surface area contributed by atoms with E-state index in [4.69, 9.17) is 4.42 Å². The van der Waals surface area contributed by atoms with Gasteiger partial charge in [0, 0.05) is 17.3 Å². The molecular weight excluding hydrogens is 346 g/mol. The molecule has 132 valence electrons. The molecule has 0 saturated heterocycles. The van der Waals surface area contributed by atoms with Crippen LogP contribution in [0, 0.1) is 10.1 Å². The normalized spacial score (nSPS) is 10.7. The quantitative estimate of drug-likeness (QED) is 0.422. The van der Waals surface area contributed by atoms with Crippen LogP contribution in [0.3, 0.4) is 0 Å². The van der Waals surface area contributed by atoms with Crippen molar-refractivity contribution in [2.24, 2.45) is 0 Å². The van der Waals surface area contributed by atoms with Crippen LogP contribution in [0.4, 0.5) is 11.4 Å². The van der Waals surface area contributed by atoms with E-state index >= 15 is 0 Å². The molecule has 0 aliphatic carbocycles. The Hall–Kier alpha value is -4.00. The molecule has 0 spiro atoms. The molecule has 0 fully saturated rings. The molecule has 7 heteroatoms. The zero-order valence-electron chi connectivity index (χ0n) is 14.0. The molecule has 0 saturated carbocycles. The van der Waals surface area contributed by atoms with Gasteiger partial charge in [-0.2, -0.15) is 0 Å². The number of amides is 1. The van der Waals surface area contributed by atoms with Crippen LogP contribution in [-0.2, 0) is 0 Å². The van der Waals surface area contributed by atoms with Crippen molar-refractivity contribution in [1.29, 1.82) is 0 Å². The second kappa shape index (κ2) is 6.72. The van der Waals surface area contributed by atoms with Crippen molar-refractivity contribution in [3.63, 3.8) is 0 Å². The molecule has 0 aliphatic rings. The number of hydrogen-bond donors (Lipinski definition) is 1. The van der Waals surface area contributed by atoms with E-state index in [1.165, 1.54) is 18.2 Å². The maximum absolute atomic E-state index is 12.4. The predicted octanol–water partition coefficient (Wildman–Crippen LogP) is 4.66. The van der Waals surface area contributed by atoms with E-state index < -0.39 is 10.8 Å². The van der Waals surface area contributed by atoms with E-state index in [0.717, 1.165) is 11.1 Å². The molecule has 0 aliphatic heterocycles. The van der Waals surface area contributed by atoms with Crippen LogP contribution >= 0.6 is 0 Å². The fourth-order valence-electron chi connectivity index (χ4n) is 2.72. The van der Waals surface area contributed by atoms with Gasteiger partial charge in [0.1, 0.15) is 11.1 Å². The lowest BCUT2D eigenvalue weighted by atomic mass is 10.1. The number of rotatable bonds is 4. The molecule has 7 nitrogen and oxygen atoms in total. The first-order valence-corrected chi connectivity index (χ1v) is 8.12. The van der Waals surface area contributed by atoms with Crippen LogP contribution in [0.1, 0.15) is 10.4 Å². The van der Waals surface area contributed by atoms with Crippen LogP contribution in [-0.4, -0.2) is 15.8 Å². The summed E-state index contributed by atoms with van der Waals surface area (Å²) in [4.78, 5) is 27.3. The molecular formula is C20H13N3O4. The number of nitro benzene ring substituents is 1. The van der Waals surface area contributed by atoms with Gasteiger partial charge in [-0.05, 0) is 42.5 Å². The number of nitro groups is 1. The Labute approximate surface area is 153 Å². The molecule has 1 aromatic heterocycles. The molecule has 0 bridgehead atoms. The number of aromatic nitrogens is 1. The van der Waals surface area contributed by atoms with Gasteiger partial charge in [0.25, 0.3) is 11.6 Å². The van der Waals surface area contributed by atoms with Gasteiger partial charge in [-0.3, -0.25) is 14.9 Å². The highest BCUT2D eigenvalue weighted by molar-refractivity contribution is 6.07. The Morgan fingerprint density at radius 2 is 1.67 bits per heavy atom. The third kappa shape index (κ3) is 3.25. The minimum atomic E-state index is -0.578. The van der Waals surface area contributed by atoms with Crippen molar-refractivity contribution < 1.29 is 14.1 Å². The number of carbonyl (C=O) groups excluding carboxylic acids is 1. The highest BCUT2D eigenvalue weighted by Gasteiger charge is 2.19. The second-order valence-electron chi connectivity index (χ2n) is 5.79. The first kappa shape index (κ1) is 16.5. The maximum Gasteiger partial charge on any atom is 0.282 e. The highest BCUT2D eigenvalue weighted by Crippen LogP contribution is 2.26. The Balaban J connectivity index is 1.56. The number of nitrogens with zero attached hydrogens (tertiary/aromatic N) is 2. The van der Waals surface area contributed by atoms with Gasteiger partial charge >= 0.3 is 0 Å². The number of anilines is 1. The number of benzene rings is 3. The smallest absolute Gasteiger partial charge is 0.282 e. The lowest BCUT2D eigenvalue weighted by Gasteiger charge is -2.06. The SMILES string of the molecule is O=C(Nc1ccc(-c2nc3ccccc3o2)cc1)c1ccccc1[N+](=O)[O-]. The van der Waals surface area contributed by atoms with Gasteiger partial charge in [0.15, 0.2) is 5.58 Å². The first-order chi connectivity index (χ1) is 13.1. The predicted molar refractivity (Wildman–Crippen MR) is 100 cm³/mol. The Morgan fingerprint density at radius 1 is 0.963 bits per heavy atom. The number of fused-ring (bicyclic) bond motifs is 1. The largest absolute Gasteiger partial charge is 0.436 e. The van der Waals surface area contributed by atoms with Crippen molar-refractivity contribution in [3.8, 4) is 11.5 Å². The summed E-state index contributed by atoms with van der Waals surface area (Å²) in [6.07, 6.45) is 0. The Bertz CT molecular complexity index is 1120. The molecule has 1 amide bonds. The Kier molecular flexibility index (Phi) is 4.10. The molecule has 27 heavy (non-hydrogen) atoms. The Morgan fingerprint density at radius 3 is 2.41 bits per heavy atom. The number of para-hydroxylation sites is 3. The minimum Gasteiger partial charge on any atom is -0.436 e. The van der Waals surface area contributed by atoms with Crippen LogP contribution in [0.25, 0.3) is 22.6 Å². The van der Waals surface area contributed by atoms with E-state index in [1.54, 1.807) is 30.3 Å². The van der Waals surface area contributed by atoms with Crippen molar-refractivity contribution in [2.45, 2.75) is 0 Å². The molecule has 0 unspecified atom stereocenters. The lowest BCUT2D eigenvalue weighted by molar-refractivity contribution is -0.385. The van der Waals surface area contributed by atoms with Gasteiger partial charge in [0.05, 0.1) is 4.92 Å². The molecule has 1 N–H and O–H groups in total. The molecule has 0 atom stereocenters. The summed E-state index contributed by atoms with van der Waals surface area (Å²) in [6, 6.07) is 20.2. The number of hydrogen-bond acceptors (Lipinski definition) is 5. The standard InChI is InChI=1S/C20H13N3O4/c24-19(15-5-1-3-7-17(15)23(25)26)21-14-11-9-13(10-12-14)20-22-16-6-2-4-8-18(16)27-20/h1-12H,(H,21,24). The van der Waals surface area contributed by atoms with Crippen LogP contribution < -0.4 is 5.32 Å². The number of carbonyl (C=O) groups is 1. The van der Waals surface area contributed by atoms with Crippen molar-refractivity contribution >= 4 is 28.4 Å². The summed E-state index contributed by atoms with van der Waals surface area (Å²) >= 11 is 0. The highest BCUT2D eigenvalue weighted by atomic mass is 16.6. The van der Waals surface area contributed by atoms with Crippen molar-refractivity contribution in [1.82, 2.24) is 4.98 Å². The third-order valence-corrected chi connectivity index (χ3v) is 4.03. The zero-order valence-corrected chi connectivity index (χ0v) is 14.0. The van der Waals surface area contributed by atoms with E-state index in [9.17, 15) is 14.9 Å². The second-order valence-corrected chi connectivity index (χ2v) is 5.79. The van der Waals surface area contributed by atoms with Crippen LogP contribution in [0.2, 0.25) is 0 Å². The average molecular weight is 359 g/mol. The summed E-state index contributed by atoms with van der Waals surface area (Å²) in [5.74, 6) is -0.0651. The third-order valence-electron chi connectivity index (χ3n) is 4.03. The number of oxazole rings is 1. The number of nitrogens with one attached hydrogen (secondary N) is 1. The first-order valence-electron chi connectivity index (χ1n) is 8.12. The van der Waals surface area contributed by atoms with E-state index in [2.05, 4.69) is 10.3 Å². The molecule has 4 aromatic rings. The summed E-state index contributed by atoms with van der Waals surface area (Å²) in [5.41, 5.74) is 2.50. The van der Waals surface area contributed by atoms with Gasteiger partial charge in [0.2, 0.25) is 5.89 Å². The summed E-state index contributed by atoms with van der Waals surface area (Å²) in [5, 5.41) is 13.7. The average Bonchev–Trinajstić information content (AvgIpc) is 3.12. The van der Waals surface area contributed by atoms with Gasteiger partial charge < -0.3 is 9.73 Å². The fourth-order valence-corrected chi connectivity index (χ4v) is 2.72. The van der Waals surface area contributed by atoms with E-state index in [0.29, 0.717) is 17.2 Å². The van der Waals surface area contributed by atoms with Crippen LogP contribution in [0.5, 0.6) is 0 Å². The van der Waals surface area contributed by atoms with Crippen LogP contribution in [0.15, 0.2) is 77.2 Å².